The molecule has 0 aliphatic carbocycles. The monoisotopic (exact) mass is 352 g/mol. The summed E-state index contributed by atoms with van der Waals surface area (Å²) in [6.07, 6.45) is -4.71. The molecule has 1 aromatic rings. The standard InChI is InChI=1S/C7H2Br2ClF3O/c8-3-2-6(14-7(11,12)13)4(9)1-5(3)10/h1-2H. The zero-order valence-corrected chi connectivity index (χ0v) is 10.3. The molecule has 78 valence electrons. The molecular formula is C7H2Br2ClF3O. The Morgan fingerprint density at radius 3 is 2.21 bits per heavy atom. The second kappa shape index (κ2) is 4.28. The average molecular weight is 354 g/mol. The molecule has 0 radical (unpaired) electrons. The Hall–Kier alpha value is 0.0600. The Balaban J connectivity index is 3.04. The summed E-state index contributed by atoms with van der Waals surface area (Å²) in [7, 11) is 0. The van der Waals surface area contributed by atoms with Crippen LogP contribution in [0.15, 0.2) is 21.1 Å². The Morgan fingerprint density at radius 2 is 1.71 bits per heavy atom. The fourth-order valence-corrected chi connectivity index (χ4v) is 1.75. The van der Waals surface area contributed by atoms with Gasteiger partial charge in [-0.05, 0) is 44.0 Å². The van der Waals surface area contributed by atoms with Crippen molar-refractivity contribution in [2.24, 2.45) is 0 Å². The molecule has 0 saturated heterocycles. The summed E-state index contributed by atoms with van der Waals surface area (Å²) in [5.41, 5.74) is 0. The van der Waals surface area contributed by atoms with E-state index in [1.54, 1.807) is 0 Å². The summed E-state index contributed by atoms with van der Waals surface area (Å²) < 4.78 is 39.8. The fraction of sp³-hybridized carbons (Fsp3) is 0.143. The minimum Gasteiger partial charge on any atom is -0.405 e. The highest BCUT2D eigenvalue weighted by molar-refractivity contribution is 9.11. The van der Waals surface area contributed by atoms with Crippen LogP contribution in [0.2, 0.25) is 5.02 Å². The lowest BCUT2D eigenvalue weighted by molar-refractivity contribution is -0.274. The van der Waals surface area contributed by atoms with Crippen molar-refractivity contribution in [3.8, 4) is 5.75 Å². The highest BCUT2D eigenvalue weighted by Gasteiger charge is 2.32. The lowest BCUT2D eigenvalue weighted by atomic mass is 10.3. The molecule has 0 unspecified atom stereocenters. The summed E-state index contributed by atoms with van der Waals surface area (Å²) in [4.78, 5) is 0. The van der Waals surface area contributed by atoms with E-state index in [1.807, 2.05) is 0 Å². The van der Waals surface area contributed by atoms with E-state index in [9.17, 15) is 13.2 Å². The van der Waals surface area contributed by atoms with Crippen LogP contribution in [0.4, 0.5) is 13.2 Å². The highest BCUT2D eigenvalue weighted by Crippen LogP contribution is 2.36. The molecule has 0 N–H and O–H groups in total. The number of hydrogen-bond donors (Lipinski definition) is 0. The van der Waals surface area contributed by atoms with Crippen molar-refractivity contribution >= 4 is 43.5 Å². The molecular weight excluding hydrogens is 352 g/mol. The van der Waals surface area contributed by atoms with Crippen LogP contribution >= 0.6 is 43.5 Å². The third-order valence-corrected chi connectivity index (χ3v) is 3.02. The van der Waals surface area contributed by atoms with E-state index in [2.05, 4.69) is 36.6 Å². The van der Waals surface area contributed by atoms with E-state index in [4.69, 9.17) is 11.6 Å². The average Bonchev–Trinajstić information content (AvgIpc) is 1.97. The molecule has 0 bridgehead atoms. The van der Waals surface area contributed by atoms with E-state index < -0.39 is 6.36 Å². The maximum Gasteiger partial charge on any atom is 0.573 e. The molecule has 1 rings (SSSR count). The third kappa shape index (κ3) is 3.33. The van der Waals surface area contributed by atoms with Gasteiger partial charge >= 0.3 is 6.36 Å². The van der Waals surface area contributed by atoms with Crippen molar-refractivity contribution in [3.05, 3.63) is 26.1 Å². The molecule has 1 nitrogen and oxygen atoms in total. The van der Waals surface area contributed by atoms with Gasteiger partial charge in [-0.15, -0.1) is 13.2 Å². The molecule has 0 saturated carbocycles. The van der Waals surface area contributed by atoms with Gasteiger partial charge in [-0.2, -0.15) is 0 Å². The van der Waals surface area contributed by atoms with Crippen LogP contribution in [-0.2, 0) is 0 Å². The lowest BCUT2D eigenvalue weighted by Crippen LogP contribution is -2.17. The maximum atomic E-state index is 11.9. The number of benzene rings is 1. The summed E-state index contributed by atoms with van der Waals surface area (Å²) in [6, 6.07) is 2.45. The number of alkyl halides is 3. The summed E-state index contributed by atoms with van der Waals surface area (Å²) >= 11 is 11.5. The number of ether oxygens (including phenoxy) is 1. The first kappa shape index (κ1) is 12.1. The Morgan fingerprint density at radius 1 is 1.14 bits per heavy atom. The van der Waals surface area contributed by atoms with E-state index in [1.165, 1.54) is 6.07 Å². The Labute approximate surface area is 99.4 Å². The third-order valence-electron chi connectivity index (χ3n) is 1.20. The van der Waals surface area contributed by atoms with Gasteiger partial charge < -0.3 is 4.74 Å². The van der Waals surface area contributed by atoms with Gasteiger partial charge in [-0.3, -0.25) is 0 Å². The molecule has 0 atom stereocenters. The molecule has 7 heteroatoms. The smallest absolute Gasteiger partial charge is 0.405 e. The molecule has 0 aromatic heterocycles. The SMILES string of the molecule is FC(F)(F)Oc1cc(Br)c(Cl)cc1Br. The van der Waals surface area contributed by atoms with Gasteiger partial charge in [0.05, 0.1) is 9.50 Å². The lowest BCUT2D eigenvalue weighted by Gasteiger charge is -2.11. The number of hydrogen-bond acceptors (Lipinski definition) is 1. The van der Waals surface area contributed by atoms with E-state index in [0.29, 0.717) is 9.50 Å². The number of halogens is 6. The fourth-order valence-electron chi connectivity index (χ4n) is 0.707. The molecule has 0 amide bonds. The zero-order valence-electron chi connectivity index (χ0n) is 6.33. The minimum absolute atomic E-state index is 0.142. The Bertz CT molecular complexity index is 354. The maximum absolute atomic E-state index is 11.9. The minimum atomic E-state index is -4.71. The van der Waals surface area contributed by atoms with Crippen molar-refractivity contribution in [1.29, 1.82) is 0 Å². The normalized spacial score (nSPS) is 11.6. The predicted octanol–water partition coefficient (Wildman–Crippen LogP) is 4.76. The summed E-state index contributed by atoms with van der Waals surface area (Å²) in [6.45, 7) is 0. The topological polar surface area (TPSA) is 9.23 Å². The zero-order chi connectivity index (χ0) is 10.9. The van der Waals surface area contributed by atoms with Crippen molar-refractivity contribution in [2.75, 3.05) is 0 Å². The molecule has 0 aliphatic rings. The quantitative estimate of drug-likeness (QED) is 0.661. The van der Waals surface area contributed by atoms with Crippen LogP contribution in [0, 0.1) is 0 Å². The van der Waals surface area contributed by atoms with Gasteiger partial charge in [0.25, 0.3) is 0 Å². The molecule has 0 fully saturated rings. The summed E-state index contributed by atoms with van der Waals surface area (Å²) in [5.74, 6) is -0.339. The second-order valence-electron chi connectivity index (χ2n) is 2.24. The van der Waals surface area contributed by atoms with Gasteiger partial charge in [0.2, 0.25) is 0 Å². The summed E-state index contributed by atoms with van der Waals surface area (Å²) in [5, 5.41) is 0.298. The van der Waals surface area contributed by atoms with Crippen LogP contribution in [0.1, 0.15) is 0 Å². The molecule has 1 aromatic carbocycles. The Kier molecular flexibility index (Phi) is 3.71. The molecule has 0 spiro atoms. The van der Waals surface area contributed by atoms with Gasteiger partial charge in [-0.25, -0.2) is 0 Å². The first-order valence-electron chi connectivity index (χ1n) is 3.20. The van der Waals surface area contributed by atoms with Crippen LogP contribution < -0.4 is 4.74 Å². The highest BCUT2D eigenvalue weighted by atomic mass is 79.9. The van der Waals surface area contributed by atoms with Crippen molar-refractivity contribution in [2.45, 2.75) is 6.36 Å². The van der Waals surface area contributed by atoms with Crippen LogP contribution in [-0.4, -0.2) is 6.36 Å². The van der Waals surface area contributed by atoms with Crippen LogP contribution in [0.25, 0.3) is 0 Å². The first-order valence-corrected chi connectivity index (χ1v) is 5.16. The van der Waals surface area contributed by atoms with Crippen molar-refractivity contribution in [3.63, 3.8) is 0 Å². The van der Waals surface area contributed by atoms with E-state index in [-0.39, 0.29) is 10.2 Å². The van der Waals surface area contributed by atoms with Crippen LogP contribution in [0.5, 0.6) is 5.75 Å². The van der Waals surface area contributed by atoms with Gasteiger partial charge in [-0.1, -0.05) is 11.6 Å². The second-order valence-corrected chi connectivity index (χ2v) is 4.36. The largest absolute Gasteiger partial charge is 0.573 e. The van der Waals surface area contributed by atoms with E-state index in [0.717, 1.165) is 6.07 Å². The van der Waals surface area contributed by atoms with Crippen molar-refractivity contribution in [1.82, 2.24) is 0 Å². The van der Waals surface area contributed by atoms with Gasteiger partial charge in [0.1, 0.15) is 5.75 Å². The van der Waals surface area contributed by atoms with Crippen LogP contribution in [0.3, 0.4) is 0 Å². The van der Waals surface area contributed by atoms with E-state index >= 15 is 0 Å². The molecule has 14 heavy (non-hydrogen) atoms. The van der Waals surface area contributed by atoms with Gasteiger partial charge in [0, 0.05) is 4.47 Å². The number of rotatable bonds is 1. The first-order chi connectivity index (χ1) is 6.29. The van der Waals surface area contributed by atoms with Gasteiger partial charge in [0.15, 0.2) is 0 Å². The predicted molar refractivity (Wildman–Crippen MR) is 53.5 cm³/mol. The van der Waals surface area contributed by atoms with Crippen molar-refractivity contribution < 1.29 is 17.9 Å². The molecule has 0 heterocycles. The molecule has 0 aliphatic heterocycles.